The SMILES string of the molecule is O=CNc1ccc2c(S(=O)(=O)[O-])cc(S(=O)(=O)[O-])cc2c1. The maximum absolute atomic E-state index is 11.2. The fourth-order valence-electron chi connectivity index (χ4n) is 1.82. The van der Waals surface area contributed by atoms with Gasteiger partial charge in [0.05, 0.1) is 9.79 Å². The van der Waals surface area contributed by atoms with Crippen LogP contribution >= 0.6 is 0 Å². The minimum atomic E-state index is -4.98. The smallest absolute Gasteiger partial charge is 0.211 e. The summed E-state index contributed by atoms with van der Waals surface area (Å²) in [7, 11) is -9.93. The van der Waals surface area contributed by atoms with E-state index in [1.165, 1.54) is 18.2 Å². The predicted molar refractivity (Wildman–Crippen MR) is 69.6 cm³/mol. The Kier molecular flexibility index (Phi) is 3.72. The number of hydrogen-bond donors (Lipinski definition) is 1. The van der Waals surface area contributed by atoms with Crippen LogP contribution in [0.2, 0.25) is 0 Å². The number of rotatable bonds is 4. The maximum Gasteiger partial charge on any atom is 0.211 e. The molecule has 8 nitrogen and oxygen atoms in total. The standard InChI is InChI=1S/C11H9NO7S2/c13-6-12-8-1-2-10-7(3-8)4-9(20(14,15)16)5-11(10)21(17,18)19/h1-6H,(H,12,13)(H,14,15,16)(H,17,18,19)/p-2. The molecule has 2 rings (SSSR count). The molecule has 0 fully saturated rings. The topological polar surface area (TPSA) is 144 Å². The molecule has 0 saturated carbocycles. The number of fused-ring (bicyclic) bond motifs is 1. The summed E-state index contributed by atoms with van der Waals surface area (Å²) in [4.78, 5) is 8.71. The van der Waals surface area contributed by atoms with Crippen LogP contribution in [0.1, 0.15) is 0 Å². The second-order valence-electron chi connectivity index (χ2n) is 4.03. The van der Waals surface area contributed by atoms with Gasteiger partial charge in [-0.3, -0.25) is 4.79 Å². The normalized spacial score (nSPS) is 12.3. The molecule has 112 valence electrons. The number of anilines is 1. The molecule has 0 atom stereocenters. The molecular formula is C11H7NO7S2-2. The third kappa shape index (κ3) is 3.19. The highest BCUT2D eigenvalue weighted by atomic mass is 32.2. The minimum Gasteiger partial charge on any atom is -0.744 e. The van der Waals surface area contributed by atoms with Gasteiger partial charge < -0.3 is 14.4 Å². The summed E-state index contributed by atoms with van der Waals surface area (Å²) in [6.07, 6.45) is 0.362. The van der Waals surface area contributed by atoms with Gasteiger partial charge in [-0.25, -0.2) is 16.8 Å². The molecule has 0 saturated heterocycles. The zero-order chi connectivity index (χ0) is 15.8. The second kappa shape index (κ2) is 5.07. The van der Waals surface area contributed by atoms with Crippen LogP contribution in [0.15, 0.2) is 40.1 Å². The van der Waals surface area contributed by atoms with E-state index in [-0.39, 0.29) is 16.5 Å². The number of benzene rings is 2. The molecule has 0 aliphatic rings. The third-order valence-electron chi connectivity index (χ3n) is 2.67. The minimum absolute atomic E-state index is 0.0215. The van der Waals surface area contributed by atoms with Crippen LogP contribution < -0.4 is 5.32 Å². The molecule has 0 aliphatic carbocycles. The number of nitrogens with one attached hydrogen (secondary N) is 1. The van der Waals surface area contributed by atoms with E-state index in [4.69, 9.17) is 0 Å². The van der Waals surface area contributed by atoms with Crippen LogP contribution in [0.4, 0.5) is 5.69 Å². The first-order valence-electron chi connectivity index (χ1n) is 5.33. The van der Waals surface area contributed by atoms with Crippen LogP contribution in [0.5, 0.6) is 0 Å². The molecule has 0 unspecified atom stereocenters. The van der Waals surface area contributed by atoms with E-state index in [0.29, 0.717) is 12.5 Å². The number of amides is 1. The molecular weight excluding hydrogens is 322 g/mol. The molecule has 0 aliphatic heterocycles. The molecule has 0 spiro atoms. The Morgan fingerprint density at radius 2 is 1.62 bits per heavy atom. The van der Waals surface area contributed by atoms with Crippen molar-refractivity contribution in [2.75, 3.05) is 5.32 Å². The molecule has 1 amide bonds. The Morgan fingerprint density at radius 1 is 0.952 bits per heavy atom. The van der Waals surface area contributed by atoms with Crippen LogP contribution in [0, 0.1) is 0 Å². The highest BCUT2D eigenvalue weighted by Gasteiger charge is 2.13. The third-order valence-corrected chi connectivity index (χ3v) is 4.36. The molecule has 0 aromatic heterocycles. The van der Waals surface area contributed by atoms with Crippen molar-refractivity contribution in [2.45, 2.75) is 9.79 Å². The van der Waals surface area contributed by atoms with Gasteiger partial charge in [-0.15, -0.1) is 0 Å². The van der Waals surface area contributed by atoms with Gasteiger partial charge in [0, 0.05) is 5.69 Å². The summed E-state index contributed by atoms with van der Waals surface area (Å²) < 4.78 is 66.8. The van der Waals surface area contributed by atoms with Gasteiger partial charge in [0.1, 0.15) is 20.2 Å². The van der Waals surface area contributed by atoms with E-state index in [2.05, 4.69) is 5.32 Å². The molecule has 2 aromatic rings. The van der Waals surface area contributed by atoms with Crippen molar-refractivity contribution in [3.8, 4) is 0 Å². The lowest BCUT2D eigenvalue weighted by Crippen LogP contribution is -2.05. The zero-order valence-electron chi connectivity index (χ0n) is 10.1. The highest BCUT2D eigenvalue weighted by molar-refractivity contribution is 7.86. The number of carbonyl (C=O) groups is 1. The molecule has 0 bridgehead atoms. The van der Waals surface area contributed by atoms with E-state index in [1.54, 1.807) is 0 Å². The van der Waals surface area contributed by atoms with E-state index in [1.807, 2.05) is 0 Å². The van der Waals surface area contributed by atoms with Gasteiger partial charge >= 0.3 is 0 Å². The maximum atomic E-state index is 11.2. The second-order valence-corrected chi connectivity index (χ2v) is 6.76. The molecule has 1 N–H and O–H groups in total. The van der Waals surface area contributed by atoms with Crippen molar-refractivity contribution in [2.24, 2.45) is 0 Å². The monoisotopic (exact) mass is 329 g/mol. The Bertz CT molecular complexity index is 932. The van der Waals surface area contributed by atoms with E-state index < -0.39 is 30.0 Å². The summed E-state index contributed by atoms with van der Waals surface area (Å²) in [5.74, 6) is 0. The molecule has 0 heterocycles. The van der Waals surface area contributed by atoms with Gasteiger partial charge in [0.2, 0.25) is 6.41 Å². The van der Waals surface area contributed by atoms with Gasteiger partial charge in [-0.2, -0.15) is 0 Å². The van der Waals surface area contributed by atoms with Crippen LogP contribution in [0.25, 0.3) is 10.8 Å². The fraction of sp³-hybridized carbons (Fsp3) is 0. The number of hydrogen-bond acceptors (Lipinski definition) is 7. The first-order valence-corrected chi connectivity index (χ1v) is 8.14. The summed E-state index contributed by atoms with van der Waals surface area (Å²) in [6, 6.07) is 5.26. The summed E-state index contributed by atoms with van der Waals surface area (Å²) in [5.41, 5.74) is 0.243. The van der Waals surface area contributed by atoms with Crippen LogP contribution in [-0.4, -0.2) is 32.4 Å². The van der Waals surface area contributed by atoms with E-state index >= 15 is 0 Å². The van der Waals surface area contributed by atoms with E-state index in [9.17, 15) is 30.7 Å². The van der Waals surface area contributed by atoms with Crippen molar-refractivity contribution in [1.29, 1.82) is 0 Å². The lowest BCUT2D eigenvalue weighted by Gasteiger charge is -2.15. The van der Waals surface area contributed by atoms with Gasteiger partial charge in [-0.1, -0.05) is 6.07 Å². The quantitative estimate of drug-likeness (QED) is 0.624. The lowest BCUT2D eigenvalue weighted by atomic mass is 10.1. The first-order chi connectivity index (χ1) is 9.63. The van der Waals surface area contributed by atoms with Crippen molar-refractivity contribution in [3.05, 3.63) is 30.3 Å². The Hall–Kier alpha value is -2.01. The summed E-state index contributed by atoms with van der Waals surface area (Å²) in [6.45, 7) is 0. The van der Waals surface area contributed by atoms with Crippen molar-refractivity contribution < 1.29 is 30.7 Å². The van der Waals surface area contributed by atoms with Gasteiger partial charge in [0.25, 0.3) is 0 Å². The Balaban J connectivity index is 2.91. The van der Waals surface area contributed by atoms with Crippen LogP contribution in [0.3, 0.4) is 0 Å². The average molecular weight is 329 g/mol. The van der Waals surface area contributed by atoms with Gasteiger partial charge in [-0.05, 0) is 35.0 Å². The zero-order valence-corrected chi connectivity index (χ0v) is 11.8. The summed E-state index contributed by atoms with van der Waals surface area (Å²) >= 11 is 0. The Morgan fingerprint density at radius 3 is 2.14 bits per heavy atom. The lowest BCUT2D eigenvalue weighted by molar-refractivity contribution is -0.105. The highest BCUT2D eigenvalue weighted by Crippen LogP contribution is 2.29. The molecule has 2 aromatic carbocycles. The summed E-state index contributed by atoms with van der Waals surface area (Å²) in [5, 5.41) is 2.25. The largest absolute Gasteiger partial charge is 0.744 e. The van der Waals surface area contributed by atoms with E-state index in [0.717, 1.165) is 6.07 Å². The Labute approximate surface area is 119 Å². The first kappa shape index (κ1) is 15.4. The number of carbonyl (C=O) groups excluding carboxylic acids is 1. The van der Waals surface area contributed by atoms with Crippen LogP contribution in [-0.2, 0) is 25.0 Å². The van der Waals surface area contributed by atoms with Crippen molar-refractivity contribution in [3.63, 3.8) is 0 Å². The fourth-order valence-corrected chi connectivity index (χ4v) is 3.15. The molecule has 10 heteroatoms. The van der Waals surface area contributed by atoms with Gasteiger partial charge in [0.15, 0.2) is 0 Å². The molecule has 0 radical (unpaired) electrons. The van der Waals surface area contributed by atoms with Crippen molar-refractivity contribution in [1.82, 2.24) is 0 Å². The predicted octanol–water partition coefficient (Wildman–Crippen LogP) is 0.216. The molecule has 21 heavy (non-hydrogen) atoms. The van der Waals surface area contributed by atoms with Crippen molar-refractivity contribution >= 4 is 43.1 Å². The average Bonchev–Trinajstić information content (AvgIpc) is 2.35.